The topological polar surface area (TPSA) is 81.2 Å². The average molecular weight is 245 g/mol. The van der Waals surface area contributed by atoms with Crippen LogP contribution in [0.1, 0.15) is 18.9 Å². The molecule has 0 spiro atoms. The Morgan fingerprint density at radius 3 is 2.65 bits per heavy atom. The second-order valence-corrected chi connectivity index (χ2v) is 3.69. The molecule has 0 saturated carbocycles. The number of nitrogens with zero attached hydrogens (tertiary/aromatic N) is 1. The molecule has 1 aromatic rings. The number of anilines is 1. The van der Waals surface area contributed by atoms with Gasteiger partial charge in [-0.25, -0.2) is 8.78 Å². The van der Waals surface area contributed by atoms with Gasteiger partial charge in [-0.2, -0.15) is 0 Å². The van der Waals surface area contributed by atoms with Gasteiger partial charge in [-0.1, -0.05) is 0 Å². The molecule has 94 valence electrons. The predicted octanol–water partition coefficient (Wildman–Crippen LogP) is 2.29. The Kier molecular flexibility index (Phi) is 4.33. The molecule has 17 heavy (non-hydrogen) atoms. The summed E-state index contributed by atoms with van der Waals surface area (Å²) in [6.07, 6.45) is -2.77. The molecule has 0 aliphatic heterocycles. The van der Waals surface area contributed by atoms with Crippen molar-refractivity contribution in [1.29, 1.82) is 0 Å². The highest BCUT2D eigenvalue weighted by atomic mass is 19.3. The van der Waals surface area contributed by atoms with E-state index in [1.165, 1.54) is 12.1 Å². The van der Waals surface area contributed by atoms with Crippen LogP contribution >= 0.6 is 0 Å². The van der Waals surface area contributed by atoms with E-state index < -0.39 is 11.3 Å². The lowest BCUT2D eigenvalue weighted by Gasteiger charge is -2.13. The Balaban J connectivity index is 3.00. The number of nitro benzene ring substituents is 1. The summed E-state index contributed by atoms with van der Waals surface area (Å²) in [6.45, 7) is 2.04. The number of non-ortho nitro benzene ring substituents is 1. The lowest BCUT2D eigenvalue weighted by Crippen LogP contribution is -2.25. The summed E-state index contributed by atoms with van der Waals surface area (Å²) in [5.41, 5.74) is 4.91. The first kappa shape index (κ1) is 13.3. The van der Waals surface area contributed by atoms with Crippen molar-refractivity contribution in [3.8, 4) is 0 Å². The maximum Gasteiger partial charge on any atom is 0.270 e. The first-order valence-corrected chi connectivity index (χ1v) is 4.97. The quantitative estimate of drug-likeness (QED) is 0.616. The monoisotopic (exact) mass is 245 g/mol. The third-order valence-corrected chi connectivity index (χ3v) is 2.10. The van der Waals surface area contributed by atoms with Crippen LogP contribution < -0.4 is 11.1 Å². The van der Waals surface area contributed by atoms with Crippen LogP contribution in [0.4, 0.5) is 20.2 Å². The van der Waals surface area contributed by atoms with Crippen LogP contribution in [0.5, 0.6) is 0 Å². The van der Waals surface area contributed by atoms with Crippen LogP contribution in [0, 0.1) is 10.1 Å². The number of benzene rings is 1. The number of halogens is 2. The molecule has 0 amide bonds. The second-order valence-electron chi connectivity index (χ2n) is 3.69. The summed E-state index contributed by atoms with van der Waals surface area (Å²) in [6, 6.07) is 3.11. The van der Waals surface area contributed by atoms with E-state index in [0.717, 1.165) is 6.07 Å². The molecule has 1 rings (SSSR count). The maximum atomic E-state index is 12.7. The normalized spacial score (nSPS) is 12.5. The van der Waals surface area contributed by atoms with Gasteiger partial charge in [0.05, 0.1) is 4.92 Å². The molecule has 7 heteroatoms. The number of hydrogen-bond acceptors (Lipinski definition) is 4. The van der Waals surface area contributed by atoms with Crippen LogP contribution in [0.15, 0.2) is 18.2 Å². The molecular formula is C10H13F2N3O2. The fourth-order valence-electron chi connectivity index (χ4n) is 1.28. The van der Waals surface area contributed by atoms with Crippen molar-refractivity contribution in [3.63, 3.8) is 0 Å². The maximum absolute atomic E-state index is 12.7. The Morgan fingerprint density at radius 1 is 1.53 bits per heavy atom. The van der Waals surface area contributed by atoms with Gasteiger partial charge < -0.3 is 11.1 Å². The number of nitrogens with one attached hydrogen (secondary N) is 1. The molecular weight excluding hydrogens is 232 g/mol. The first-order chi connectivity index (χ1) is 7.91. The van der Waals surface area contributed by atoms with Gasteiger partial charge in [-0.3, -0.25) is 10.1 Å². The van der Waals surface area contributed by atoms with Gasteiger partial charge in [-0.15, -0.1) is 0 Å². The summed E-state index contributed by atoms with van der Waals surface area (Å²) < 4.78 is 25.4. The van der Waals surface area contributed by atoms with Gasteiger partial charge in [0.25, 0.3) is 12.1 Å². The van der Waals surface area contributed by atoms with Crippen molar-refractivity contribution in [1.82, 2.24) is 0 Å². The zero-order valence-electron chi connectivity index (χ0n) is 9.19. The van der Waals surface area contributed by atoms with Gasteiger partial charge in [0.2, 0.25) is 0 Å². The minimum absolute atomic E-state index is 0.169. The second kappa shape index (κ2) is 5.53. The highest BCUT2D eigenvalue weighted by molar-refractivity contribution is 5.56. The average Bonchev–Trinajstić information content (AvgIpc) is 2.25. The highest BCUT2D eigenvalue weighted by Crippen LogP contribution is 2.30. The molecule has 0 radical (unpaired) electrons. The van der Waals surface area contributed by atoms with Crippen LogP contribution in [0.2, 0.25) is 0 Å². The van der Waals surface area contributed by atoms with E-state index in [-0.39, 0.29) is 23.0 Å². The van der Waals surface area contributed by atoms with E-state index in [1.54, 1.807) is 6.92 Å². The molecule has 0 aliphatic carbocycles. The number of nitrogens with two attached hydrogens (primary N) is 1. The zero-order valence-corrected chi connectivity index (χ0v) is 9.19. The lowest BCUT2D eigenvalue weighted by molar-refractivity contribution is -0.385. The van der Waals surface area contributed by atoms with Gasteiger partial charge in [-0.05, 0) is 13.0 Å². The van der Waals surface area contributed by atoms with Crippen LogP contribution in [-0.4, -0.2) is 17.5 Å². The van der Waals surface area contributed by atoms with Crippen molar-refractivity contribution < 1.29 is 13.7 Å². The summed E-state index contributed by atoms with van der Waals surface area (Å²) in [7, 11) is 0. The molecule has 1 atom stereocenters. The minimum atomic E-state index is -2.77. The Bertz CT molecular complexity index is 411. The number of rotatable bonds is 5. The Labute approximate surface area is 96.8 Å². The number of alkyl halides is 2. The van der Waals surface area contributed by atoms with Crippen LogP contribution in [0.25, 0.3) is 0 Å². The zero-order chi connectivity index (χ0) is 13.0. The van der Waals surface area contributed by atoms with Crippen molar-refractivity contribution in [2.45, 2.75) is 19.4 Å². The molecule has 0 aromatic heterocycles. The standard InChI is InChI=1S/C10H13F2N3O2/c1-6(13)5-14-9-3-2-7(15(16)17)4-8(9)10(11)12/h2-4,6,10,14H,5,13H2,1H3. The van der Waals surface area contributed by atoms with Crippen LogP contribution in [-0.2, 0) is 0 Å². The molecule has 0 saturated heterocycles. The van der Waals surface area contributed by atoms with Gasteiger partial charge >= 0.3 is 0 Å². The molecule has 5 nitrogen and oxygen atoms in total. The van der Waals surface area contributed by atoms with E-state index in [2.05, 4.69) is 5.32 Å². The van der Waals surface area contributed by atoms with Gasteiger partial charge in [0, 0.05) is 36.0 Å². The van der Waals surface area contributed by atoms with E-state index in [4.69, 9.17) is 5.73 Å². The molecule has 1 unspecified atom stereocenters. The number of nitro groups is 1. The molecule has 0 heterocycles. The van der Waals surface area contributed by atoms with E-state index in [0.29, 0.717) is 6.54 Å². The van der Waals surface area contributed by atoms with Crippen molar-refractivity contribution in [2.24, 2.45) is 5.73 Å². The lowest BCUT2D eigenvalue weighted by atomic mass is 10.1. The Hall–Kier alpha value is -1.76. The predicted molar refractivity (Wildman–Crippen MR) is 60.2 cm³/mol. The SMILES string of the molecule is CC(N)CNc1ccc([N+](=O)[O-])cc1C(F)F. The van der Waals surface area contributed by atoms with Gasteiger partial charge in [0.15, 0.2) is 0 Å². The molecule has 1 aromatic carbocycles. The van der Waals surface area contributed by atoms with Crippen molar-refractivity contribution >= 4 is 11.4 Å². The molecule has 0 fully saturated rings. The Morgan fingerprint density at radius 2 is 2.18 bits per heavy atom. The van der Waals surface area contributed by atoms with Crippen molar-refractivity contribution in [2.75, 3.05) is 11.9 Å². The molecule has 3 N–H and O–H groups in total. The van der Waals surface area contributed by atoms with Crippen LogP contribution in [0.3, 0.4) is 0 Å². The summed E-state index contributed by atoms with van der Waals surface area (Å²) in [4.78, 5) is 9.77. The summed E-state index contributed by atoms with van der Waals surface area (Å²) in [5.74, 6) is 0. The van der Waals surface area contributed by atoms with Gasteiger partial charge in [0.1, 0.15) is 0 Å². The number of hydrogen-bond donors (Lipinski definition) is 2. The fourth-order valence-corrected chi connectivity index (χ4v) is 1.28. The molecule has 0 aliphatic rings. The minimum Gasteiger partial charge on any atom is -0.383 e. The van der Waals surface area contributed by atoms with E-state index >= 15 is 0 Å². The van der Waals surface area contributed by atoms with E-state index in [9.17, 15) is 18.9 Å². The van der Waals surface area contributed by atoms with E-state index in [1.807, 2.05) is 0 Å². The summed E-state index contributed by atoms with van der Waals surface area (Å²) >= 11 is 0. The third-order valence-electron chi connectivity index (χ3n) is 2.10. The smallest absolute Gasteiger partial charge is 0.270 e. The van der Waals surface area contributed by atoms with Crippen molar-refractivity contribution in [3.05, 3.63) is 33.9 Å². The molecule has 0 bridgehead atoms. The largest absolute Gasteiger partial charge is 0.383 e. The first-order valence-electron chi connectivity index (χ1n) is 4.97. The third kappa shape index (κ3) is 3.63. The summed E-state index contributed by atoms with van der Waals surface area (Å²) in [5, 5.41) is 13.2. The highest BCUT2D eigenvalue weighted by Gasteiger charge is 2.17. The fraction of sp³-hybridized carbons (Fsp3) is 0.400.